The Balaban J connectivity index is 1.85. The number of hydrogen-bond donors (Lipinski definition) is 2. The molecule has 5 heteroatoms. The van der Waals surface area contributed by atoms with E-state index in [0.29, 0.717) is 24.9 Å². The van der Waals surface area contributed by atoms with Crippen molar-refractivity contribution in [1.29, 1.82) is 0 Å². The fourth-order valence-electron chi connectivity index (χ4n) is 2.20. The first-order valence-electron chi connectivity index (χ1n) is 7.11. The van der Waals surface area contributed by atoms with Crippen LogP contribution in [0.15, 0.2) is 12.5 Å². The molecule has 1 heterocycles. The first-order chi connectivity index (χ1) is 9.06. The molecule has 1 saturated carbocycles. The van der Waals surface area contributed by atoms with E-state index in [4.69, 9.17) is 5.73 Å². The lowest BCUT2D eigenvalue weighted by Gasteiger charge is -2.16. The van der Waals surface area contributed by atoms with Gasteiger partial charge in [0, 0.05) is 31.2 Å². The van der Waals surface area contributed by atoms with E-state index in [9.17, 15) is 4.79 Å². The molecule has 1 aliphatic rings. The van der Waals surface area contributed by atoms with Crippen LogP contribution in [0.2, 0.25) is 0 Å². The molecule has 1 amide bonds. The molecule has 0 aromatic carbocycles. The molecule has 106 valence electrons. The van der Waals surface area contributed by atoms with Crippen molar-refractivity contribution < 1.29 is 4.79 Å². The van der Waals surface area contributed by atoms with Crippen molar-refractivity contribution in [2.75, 3.05) is 0 Å². The smallest absolute Gasteiger partial charge is 0.222 e. The molecule has 1 atom stereocenters. The van der Waals surface area contributed by atoms with Crippen LogP contribution in [0.4, 0.5) is 0 Å². The summed E-state index contributed by atoms with van der Waals surface area (Å²) >= 11 is 0. The summed E-state index contributed by atoms with van der Waals surface area (Å²) in [5, 5.41) is 2.99. The lowest BCUT2D eigenvalue weighted by Crippen LogP contribution is -2.27. The highest BCUT2D eigenvalue weighted by Gasteiger charge is 2.23. The highest BCUT2D eigenvalue weighted by Crippen LogP contribution is 2.20. The van der Waals surface area contributed by atoms with E-state index in [1.54, 1.807) is 6.33 Å². The van der Waals surface area contributed by atoms with Gasteiger partial charge < -0.3 is 15.6 Å². The Morgan fingerprint density at radius 3 is 2.95 bits per heavy atom. The van der Waals surface area contributed by atoms with Crippen molar-refractivity contribution >= 4 is 5.91 Å². The molecule has 1 fully saturated rings. The summed E-state index contributed by atoms with van der Waals surface area (Å²) in [6, 6.07) is 0.423. The normalized spacial score (nSPS) is 16.6. The van der Waals surface area contributed by atoms with Gasteiger partial charge in [0.05, 0.1) is 12.0 Å². The number of amides is 1. The van der Waals surface area contributed by atoms with Crippen molar-refractivity contribution in [1.82, 2.24) is 14.9 Å². The van der Waals surface area contributed by atoms with Gasteiger partial charge in [-0.15, -0.1) is 0 Å². The van der Waals surface area contributed by atoms with Gasteiger partial charge in [0.15, 0.2) is 0 Å². The largest absolute Gasteiger partial charge is 0.353 e. The molecule has 2 rings (SSSR count). The second kappa shape index (κ2) is 6.19. The summed E-state index contributed by atoms with van der Waals surface area (Å²) in [7, 11) is 0. The van der Waals surface area contributed by atoms with Gasteiger partial charge in [-0.25, -0.2) is 4.98 Å². The zero-order valence-electron chi connectivity index (χ0n) is 11.8. The molecular weight excluding hydrogens is 240 g/mol. The Kier molecular flexibility index (Phi) is 4.58. The van der Waals surface area contributed by atoms with E-state index in [0.717, 1.165) is 25.0 Å². The number of carbonyl (C=O) groups is 1. The number of nitrogens with one attached hydrogen (secondary N) is 1. The highest BCUT2D eigenvalue weighted by atomic mass is 16.1. The third-order valence-corrected chi connectivity index (χ3v) is 3.37. The number of nitrogens with two attached hydrogens (primary N) is 1. The van der Waals surface area contributed by atoms with E-state index in [2.05, 4.69) is 24.1 Å². The molecule has 1 aromatic rings. The SMILES string of the molecule is CC(C)CC(N)c1cncn1CCC(=O)NC1CC1. The number of rotatable bonds is 7. The molecule has 0 spiro atoms. The van der Waals surface area contributed by atoms with Gasteiger partial charge in [0.25, 0.3) is 0 Å². The fraction of sp³-hybridized carbons (Fsp3) is 0.714. The first kappa shape index (κ1) is 14.1. The number of hydrogen-bond acceptors (Lipinski definition) is 3. The topological polar surface area (TPSA) is 72.9 Å². The zero-order valence-corrected chi connectivity index (χ0v) is 11.8. The Morgan fingerprint density at radius 1 is 1.58 bits per heavy atom. The van der Waals surface area contributed by atoms with Crippen molar-refractivity contribution in [3.8, 4) is 0 Å². The lowest BCUT2D eigenvalue weighted by atomic mass is 10.0. The van der Waals surface area contributed by atoms with Crippen LogP contribution in [-0.4, -0.2) is 21.5 Å². The number of carbonyl (C=O) groups excluding carboxylic acids is 1. The molecule has 1 unspecified atom stereocenters. The molecule has 19 heavy (non-hydrogen) atoms. The summed E-state index contributed by atoms with van der Waals surface area (Å²) in [5.74, 6) is 0.677. The van der Waals surface area contributed by atoms with E-state index in [1.165, 1.54) is 0 Å². The Labute approximate surface area is 114 Å². The molecule has 0 radical (unpaired) electrons. The summed E-state index contributed by atoms with van der Waals surface area (Å²) in [4.78, 5) is 15.8. The van der Waals surface area contributed by atoms with Gasteiger partial charge in [-0.2, -0.15) is 0 Å². The maximum Gasteiger partial charge on any atom is 0.222 e. The minimum absolute atomic E-state index is 0.00556. The van der Waals surface area contributed by atoms with Crippen LogP contribution in [-0.2, 0) is 11.3 Å². The minimum Gasteiger partial charge on any atom is -0.353 e. The summed E-state index contributed by atoms with van der Waals surface area (Å²) < 4.78 is 2.00. The monoisotopic (exact) mass is 264 g/mol. The maximum absolute atomic E-state index is 11.7. The van der Waals surface area contributed by atoms with Crippen LogP contribution in [0.5, 0.6) is 0 Å². The average Bonchev–Trinajstić information content (AvgIpc) is 3.01. The maximum atomic E-state index is 11.7. The second-order valence-corrected chi connectivity index (χ2v) is 5.84. The number of nitrogens with zero attached hydrogens (tertiary/aromatic N) is 2. The number of imidazole rings is 1. The Morgan fingerprint density at radius 2 is 2.32 bits per heavy atom. The van der Waals surface area contributed by atoms with Crippen molar-refractivity contribution in [3.05, 3.63) is 18.2 Å². The summed E-state index contributed by atoms with van der Waals surface area (Å²) in [6.07, 6.45) is 7.25. The average molecular weight is 264 g/mol. The minimum atomic E-state index is -0.00556. The van der Waals surface area contributed by atoms with Crippen LogP contribution in [0.25, 0.3) is 0 Å². The molecule has 0 saturated heterocycles. The van der Waals surface area contributed by atoms with Gasteiger partial charge in [-0.05, 0) is 25.2 Å². The van der Waals surface area contributed by atoms with Gasteiger partial charge in [0.1, 0.15) is 0 Å². The number of aromatic nitrogens is 2. The Hall–Kier alpha value is -1.36. The van der Waals surface area contributed by atoms with Crippen molar-refractivity contribution in [2.45, 2.75) is 58.2 Å². The van der Waals surface area contributed by atoms with E-state index in [1.807, 2.05) is 10.8 Å². The zero-order chi connectivity index (χ0) is 13.8. The van der Waals surface area contributed by atoms with Gasteiger partial charge in [-0.1, -0.05) is 13.8 Å². The number of aryl methyl sites for hydroxylation is 1. The van der Waals surface area contributed by atoms with Gasteiger partial charge in [0.2, 0.25) is 5.91 Å². The summed E-state index contributed by atoms with van der Waals surface area (Å²) in [5.41, 5.74) is 7.20. The Bertz CT molecular complexity index is 423. The standard InChI is InChI=1S/C14H24N4O/c1-10(2)7-12(15)13-8-16-9-18(13)6-5-14(19)17-11-3-4-11/h8-12H,3-7,15H2,1-2H3,(H,17,19). The fourth-order valence-corrected chi connectivity index (χ4v) is 2.20. The van der Waals surface area contributed by atoms with E-state index in [-0.39, 0.29) is 11.9 Å². The third kappa shape index (κ3) is 4.35. The van der Waals surface area contributed by atoms with Crippen LogP contribution >= 0.6 is 0 Å². The van der Waals surface area contributed by atoms with E-state index >= 15 is 0 Å². The quantitative estimate of drug-likeness (QED) is 0.785. The van der Waals surface area contributed by atoms with Crippen molar-refractivity contribution in [3.63, 3.8) is 0 Å². The second-order valence-electron chi connectivity index (χ2n) is 5.84. The van der Waals surface area contributed by atoms with Gasteiger partial charge >= 0.3 is 0 Å². The molecule has 0 bridgehead atoms. The van der Waals surface area contributed by atoms with Crippen LogP contribution < -0.4 is 11.1 Å². The third-order valence-electron chi connectivity index (χ3n) is 3.37. The van der Waals surface area contributed by atoms with Crippen LogP contribution in [0, 0.1) is 5.92 Å². The molecular formula is C14H24N4O. The van der Waals surface area contributed by atoms with Crippen LogP contribution in [0.1, 0.15) is 51.3 Å². The predicted octanol–water partition coefficient (Wildman–Crippen LogP) is 1.60. The predicted molar refractivity (Wildman–Crippen MR) is 74.4 cm³/mol. The molecule has 1 aliphatic carbocycles. The molecule has 1 aromatic heterocycles. The van der Waals surface area contributed by atoms with Crippen molar-refractivity contribution in [2.24, 2.45) is 11.7 Å². The lowest BCUT2D eigenvalue weighted by molar-refractivity contribution is -0.121. The first-order valence-corrected chi connectivity index (χ1v) is 7.11. The molecule has 3 N–H and O–H groups in total. The highest BCUT2D eigenvalue weighted by molar-refractivity contribution is 5.76. The van der Waals surface area contributed by atoms with Gasteiger partial charge in [-0.3, -0.25) is 4.79 Å². The molecule has 5 nitrogen and oxygen atoms in total. The van der Waals surface area contributed by atoms with Crippen LogP contribution in [0.3, 0.4) is 0 Å². The molecule has 0 aliphatic heterocycles. The summed E-state index contributed by atoms with van der Waals surface area (Å²) in [6.45, 7) is 4.97. The van der Waals surface area contributed by atoms with E-state index < -0.39 is 0 Å².